The molecule has 0 saturated heterocycles. The number of nitrogens with one attached hydrogen (secondary N) is 1. The summed E-state index contributed by atoms with van der Waals surface area (Å²) in [5, 5.41) is 12.0. The number of hydrogen-bond donors (Lipinski definition) is 2. The first kappa shape index (κ1) is 17.5. The minimum atomic E-state index is -0.171. The van der Waals surface area contributed by atoms with Gasteiger partial charge in [0.1, 0.15) is 0 Å². The van der Waals surface area contributed by atoms with Crippen LogP contribution in [0.3, 0.4) is 0 Å². The highest BCUT2D eigenvalue weighted by molar-refractivity contribution is 6.32. The number of ether oxygens (including phenoxy) is 1. The maximum absolute atomic E-state index is 12.1. The number of methoxy groups -OCH3 is 1. The van der Waals surface area contributed by atoms with Crippen molar-refractivity contribution in [2.75, 3.05) is 20.3 Å². The molecular weight excluding hydrogens is 290 g/mol. The van der Waals surface area contributed by atoms with E-state index in [4.69, 9.17) is 21.4 Å². The van der Waals surface area contributed by atoms with E-state index < -0.39 is 0 Å². The van der Waals surface area contributed by atoms with Crippen LogP contribution in [0.4, 0.5) is 0 Å². The van der Waals surface area contributed by atoms with Crippen molar-refractivity contribution >= 4 is 17.5 Å². The number of halogens is 1. The molecule has 0 bridgehead atoms. The summed E-state index contributed by atoms with van der Waals surface area (Å²) in [7, 11) is 1.63. The molecule has 1 amide bonds. The van der Waals surface area contributed by atoms with E-state index in [0.29, 0.717) is 29.2 Å². The summed E-state index contributed by atoms with van der Waals surface area (Å²) in [6.07, 6.45) is 1.15. The van der Waals surface area contributed by atoms with Gasteiger partial charge in [-0.1, -0.05) is 23.4 Å². The van der Waals surface area contributed by atoms with Crippen molar-refractivity contribution in [2.45, 2.75) is 25.8 Å². The first-order chi connectivity index (χ1) is 10.1. The number of amides is 1. The zero-order valence-electron chi connectivity index (χ0n) is 12.3. The molecule has 2 N–H and O–H groups in total. The monoisotopic (exact) mass is 309 g/mol. The number of benzene rings is 1. The topological polar surface area (TPSA) is 58.6 Å². The molecule has 1 rings (SSSR count). The molecule has 0 radical (unpaired) electrons. The van der Waals surface area contributed by atoms with Gasteiger partial charge in [0.15, 0.2) is 0 Å². The summed E-state index contributed by atoms with van der Waals surface area (Å²) in [4.78, 5) is 12.1. The van der Waals surface area contributed by atoms with E-state index in [1.54, 1.807) is 25.3 Å². The summed E-state index contributed by atoms with van der Waals surface area (Å²) >= 11 is 6.11. The Labute approximate surface area is 130 Å². The Balaban J connectivity index is 2.70. The molecule has 0 aliphatic carbocycles. The number of carbonyl (C=O) groups is 1. The molecule has 0 spiro atoms. The van der Waals surface area contributed by atoms with Gasteiger partial charge in [-0.15, -0.1) is 0 Å². The van der Waals surface area contributed by atoms with Crippen LogP contribution in [-0.4, -0.2) is 37.4 Å². The highest BCUT2D eigenvalue weighted by Crippen LogP contribution is 2.17. The molecule has 0 aromatic heterocycles. The minimum absolute atomic E-state index is 0.0183. The van der Waals surface area contributed by atoms with Gasteiger partial charge in [0.2, 0.25) is 0 Å². The van der Waals surface area contributed by atoms with Gasteiger partial charge in [0.05, 0.1) is 11.6 Å². The molecule has 0 saturated carbocycles. The molecule has 5 heteroatoms. The highest BCUT2D eigenvalue weighted by atomic mass is 35.5. The Morgan fingerprint density at radius 2 is 2.29 bits per heavy atom. The standard InChI is InChI=1S/C16H20ClNO3/c1-12(8-10-21-2)18-16(20)14-7-6-13(15(17)11-14)5-3-4-9-19/h6-7,11-12,19H,4,8-10H2,1-2H3,(H,18,20). The van der Waals surface area contributed by atoms with Crippen LogP contribution in [0.2, 0.25) is 5.02 Å². The first-order valence-corrected chi connectivity index (χ1v) is 7.15. The largest absolute Gasteiger partial charge is 0.395 e. The lowest BCUT2D eigenvalue weighted by molar-refractivity contribution is 0.0929. The van der Waals surface area contributed by atoms with E-state index in [-0.39, 0.29) is 18.6 Å². The molecule has 1 unspecified atom stereocenters. The molecule has 0 aliphatic heterocycles. The smallest absolute Gasteiger partial charge is 0.251 e. The van der Waals surface area contributed by atoms with Crippen LogP contribution in [0.1, 0.15) is 35.7 Å². The third-order valence-electron chi connectivity index (χ3n) is 2.82. The molecule has 0 fully saturated rings. The molecule has 4 nitrogen and oxygen atoms in total. The summed E-state index contributed by atoms with van der Waals surface area (Å²) in [5.74, 6) is 5.48. The zero-order valence-corrected chi connectivity index (χ0v) is 13.0. The van der Waals surface area contributed by atoms with Crippen LogP contribution < -0.4 is 5.32 Å². The Kier molecular flexibility index (Phi) is 7.84. The third kappa shape index (κ3) is 6.17. The van der Waals surface area contributed by atoms with Crippen molar-refractivity contribution < 1.29 is 14.6 Å². The van der Waals surface area contributed by atoms with Crippen LogP contribution >= 0.6 is 11.6 Å². The second-order valence-corrected chi connectivity index (χ2v) is 5.03. The van der Waals surface area contributed by atoms with E-state index >= 15 is 0 Å². The average Bonchev–Trinajstić information content (AvgIpc) is 2.46. The number of carbonyl (C=O) groups excluding carboxylic acids is 1. The van der Waals surface area contributed by atoms with Crippen molar-refractivity contribution in [1.29, 1.82) is 0 Å². The van der Waals surface area contributed by atoms with Gasteiger partial charge in [-0.3, -0.25) is 4.79 Å². The van der Waals surface area contributed by atoms with Crippen molar-refractivity contribution in [3.63, 3.8) is 0 Å². The molecule has 0 aliphatic rings. The first-order valence-electron chi connectivity index (χ1n) is 6.77. The second-order valence-electron chi connectivity index (χ2n) is 4.63. The van der Waals surface area contributed by atoms with Crippen LogP contribution in [0.25, 0.3) is 0 Å². The quantitative estimate of drug-likeness (QED) is 0.792. The summed E-state index contributed by atoms with van der Waals surface area (Å²) in [5.41, 5.74) is 1.14. The number of aliphatic hydroxyl groups excluding tert-OH is 1. The molecule has 1 atom stereocenters. The van der Waals surface area contributed by atoms with E-state index in [9.17, 15) is 4.79 Å². The summed E-state index contributed by atoms with van der Waals surface area (Å²) in [6.45, 7) is 2.54. The van der Waals surface area contributed by atoms with Gasteiger partial charge >= 0.3 is 0 Å². The Morgan fingerprint density at radius 3 is 2.90 bits per heavy atom. The van der Waals surface area contributed by atoms with Gasteiger partial charge in [0.25, 0.3) is 5.91 Å². The minimum Gasteiger partial charge on any atom is -0.395 e. The lowest BCUT2D eigenvalue weighted by Gasteiger charge is -2.13. The van der Waals surface area contributed by atoms with Crippen molar-refractivity contribution in [1.82, 2.24) is 5.32 Å². The van der Waals surface area contributed by atoms with Crippen molar-refractivity contribution in [3.05, 3.63) is 34.3 Å². The fourth-order valence-corrected chi connectivity index (χ4v) is 1.87. The van der Waals surface area contributed by atoms with Crippen LogP contribution in [-0.2, 0) is 4.74 Å². The van der Waals surface area contributed by atoms with Crippen molar-refractivity contribution in [2.24, 2.45) is 0 Å². The van der Waals surface area contributed by atoms with Crippen LogP contribution in [0.15, 0.2) is 18.2 Å². The van der Waals surface area contributed by atoms with E-state index in [1.165, 1.54) is 0 Å². The van der Waals surface area contributed by atoms with E-state index in [1.807, 2.05) is 6.92 Å². The summed E-state index contributed by atoms with van der Waals surface area (Å²) < 4.78 is 4.98. The normalized spacial score (nSPS) is 11.4. The molecule has 0 heterocycles. The number of rotatable bonds is 6. The van der Waals surface area contributed by atoms with Gasteiger partial charge in [-0.05, 0) is 31.5 Å². The number of hydrogen-bond acceptors (Lipinski definition) is 3. The summed E-state index contributed by atoms with van der Waals surface area (Å²) in [6, 6.07) is 5.03. The van der Waals surface area contributed by atoms with E-state index in [0.717, 1.165) is 6.42 Å². The molecule has 114 valence electrons. The highest BCUT2D eigenvalue weighted by Gasteiger charge is 2.11. The van der Waals surface area contributed by atoms with E-state index in [2.05, 4.69) is 17.2 Å². The lowest BCUT2D eigenvalue weighted by atomic mass is 10.1. The fourth-order valence-electron chi connectivity index (χ4n) is 1.65. The second kappa shape index (κ2) is 9.41. The van der Waals surface area contributed by atoms with Gasteiger partial charge in [-0.25, -0.2) is 0 Å². The zero-order chi connectivity index (χ0) is 15.7. The van der Waals surface area contributed by atoms with Gasteiger partial charge < -0.3 is 15.2 Å². The van der Waals surface area contributed by atoms with Gasteiger partial charge in [-0.2, -0.15) is 0 Å². The number of aliphatic hydroxyl groups is 1. The predicted octanol–water partition coefficient (Wildman–Crippen LogP) is 2.23. The molecular formula is C16H20ClNO3. The fraction of sp³-hybridized carbons (Fsp3) is 0.438. The van der Waals surface area contributed by atoms with Crippen LogP contribution in [0.5, 0.6) is 0 Å². The Morgan fingerprint density at radius 1 is 1.52 bits per heavy atom. The lowest BCUT2D eigenvalue weighted by Crippen LogP contribution is -2.33. The molecule has 21 heavy (non-hydrogen) atoms. The van der Waals surface area contributed by atoms with Crippen molar-refractivity contribution in [3.8, 4) is 11.8 Å². The average molecular weight is 310 g/mol. The maximum atomic E-state index is 12.1. The Bertz CT molecular complexity index is 534. The Hall–Kier alpha value is -1.54. The van der Waals surface area contributed by atoms with Gasteiger partial charge in [0, 0.05) is 37.3 Å². The molecule has 1 aromatic carbocycles. The third-order valence-corrected chi connectivity index (χ3v) is 3.14. The van der Waals surface area contributed by atoms with Crippen LogP contribution in [0, 0.1) is 11.8 Å². The predicted molar refractivity (Wildman–Crippen MR) is 83.5 cm³/mol. The maximum Gasteiger partial charge on any atom is 0.251 e. The SMILES string of the molecule is COCCC(C)NC(=O)c1ccc(C#CCCO)c(Cl)c1. The molecule has 1 aromatic rings.